The average Bonchev–Trinajstić information content (AvgIpc) is 2.88. The van der Waals surface area contributed by atoms with Gasteiger partial charge in [0.1, 0.15) is 11.8 Å². The number of fused-ring (bicyclic) bond motifs is 1. The molecule has 0 saturated carbocycles. The first-order valence-corrected chi connectivity index (χ1v) is 5.66. The number of thiophene rings is 1. The van der Waals surface area contributed by atoms with Gasteiger partial charge in [-0.25, -0.2) is 0 Å². The minimum atomic E-state index is 0.272. The molecule has 0 aromatic carbocycles. The van der Waals surface area contributed by atoms with Gasteiger partial charge in [0.05, 0.1) is 6.26 Å². The lowest BCUT2D eigenvalue weighted by Crippen LogP contribution is -2.28. The molecular formula is C11H11NOS. The Morgan fingerprint density at radius 2 is 2.43 bits per heavy atom. The van der Waals surface area contributed by atoms with Gasteiger partial charge < -0.3 is 9.73 Å². The van der Waals surface area contributed by atoms with Crippen LogP contribution in [0.15, 0.2) is 34.3 Å². The topological polar surface area (TPSA) is 25.2 Å². The molecule has 0 fully saturated rings. The maximum absolute atomic E-state index is 5.54. The van der Waals surface area contributed by atoms with Crippen LogP contribution in [0.25, 0.3) is 0 Å². The van der Waals surface area contributed by atoms with Crippen LogP contribution in [0.2, 0.25) is 0 Å². The van der Waals surface area contributed by atoms with Crippen molar-refractivity contribution in [2.45, 2.75) is 12.5 Å². The minimum Gasteiger partial charge on any atom is -0.467 e. The Balaban J connectivity index is 2.04. The third-order valence-corrected chi connectivity index (χ3v) is 3.55. The Morgan fingerprint density at radius 1 is 1.43 bits per heavy atom. The molecule has 0 aliphatic carbocycles. The van der Waals surface area contributed by atoms with Crippen LogP contribution in [0.4, 0.5) is 0 Å². The molecule has 72 valence electrons. The molecule has 1 aliphatic heterocycles. The molecule has 1 unspecified atom stereocenters. The van der Waals surface area contributed by atoms with Crippen molar-refractivity contribution < 1.29 is 4.42 Å². The van der Waals surface area contributed by atoms with Crippen molar-refractivity contribution in [3.8, 4) is 0 Å². The van der Waals surface area contributed by atoms with Crippen LogP contribution in [0.3, 0.4) is 0 Å². The van der Waals surface area contributed by atoms with E-state index in [4.69, 9.17) is 4.42 Å². The molecule has 0 bridgehead atoms. The maximum atomic E-state index is 5.54. The van der Waals surface area contributed by atoms with Crippen molar-refractivity contribution in [1.29, 1.82) is 0 Å². The van der Waals surface area contributed by atoms with Crippen LogP contribution in [0, 0.1) is 0 Å². The van der Waals surface area contributed by atoms with E-state index in [0.717, 1.165) is 18.7 Å². The lowest BCUT2D eigenvalue weighted by Gasteiger charge is -2.21. The molecule has 3 heterocycles. The van der Waals surface area contributed by atoms with E-state index in [9.17, 15) is 0 Å². The van der Waals surface area contributed by atoms with E-state index in [-0.39, 0.29) is 6.04 Å². The van der Waals surface area contributed by atoms with E-state index in [0.29, 0.717) is 0 Å². The first-order chi connectivity index (χ1) is 6.95. The van der Waals surface area contributed by atoms with E-state index < -0.39 is 0 Å². The molecular weight excluding hydrogens is 194 g/mol. The molecule has 1 aliphatic rings. The predicted molar refractivity (Wildman–Crippen MR) is 56.6 cm³/mol. The summed E-state index contributed by atoms with van der Waals surface area (Å²) in [5.74, 6) is 1.10. The van der Waals surface area contributed by atoms with Gasteiger partial charge in [-0.15, -0.1) is 11.3 Å². The highest BCUT2D eigenvalue weighted by molar-refractivity contribution is 7.10. The van der Waals surface area contributed by atoms with Crippen LogP contribution >= 0.6 is 11.3 Å². The van der Waals surface area contributed by atoms with Crippen LogP contribution in [0.5, 0.6) is 0 Å². The zero-order valence-corrected chi connectivity index (χ0v) is 8.51. The van der Waals surface area contributed by atoms with Gasteiger partial charge in [-0.05, 0) is 29.5 Å². The second kappa shape index (κ2) is 3.26. The summed E-state index contributed by atoms with van der Waals surface area (Å²) in [4.78, 5) is 1.33. The molecule has 3 heteroatoms. The summed E-state index contributed by atoms with van der Waals surface area (Å²) < 4.78 is 5.54. The Hall–Kier alpha value is -1.06. The molecule has 0 amide bonds. The van der Waals surface area contributed by atoms with E-state index in [2.05, 4.69) is 28.9 Å². The van der Waals surface area contributed by atoms with Gasteiger partial charge in [0.15, 0.2) is 0 Å². The van der Waals surface area contributed by atoms with Crippen molar-refractivity contribution in [3.63, 3.8) is 0 Å². The van der Waals surface area contributed by atoms with Gasteiger partial charge in [0.2, 0.25) is 0 Å². The van der Waals surface area contributed by atoms with Crippen molar-refractivity contribution in [2.75, 3.05) is 6.54 Å². The Labute approximate surface area is 86.6 Å². The van der Waals surface area contributed by atoms with E-state index in [1.807, 2.05) is 0 Å². The molecule has 1 N–H and O–H groups in total. The monoisotopic (exact) mass is 205 g/mol. The molecule has 1 atom stereocenters. The van der Waals surface area contributed by atoms with E-state index in [1.165, 1.54) is 10.4 Å². The molecule has 3 rings (SSSR count). The first kappa shape index (κ1) is 8.26. The molecule has 0 saturated heterocycles. The number of rotatable bonds is 1. The van der Waals surface area contributed by atoms with Crippen molar-refractivity contribution in [3.05, 3.63) is 46.0 Å². The summed E-state index contributed by atoms with van der Waals surface area (Å²) in [6.07, 6.45) is 2.87. The van der Waals surface area contributed by atoms with Crippen molar-refractivity contribution in [1.82, 2.24) is 5.32 Å². The van der Waals surface area contributed by atoms with Gasteiger partial charge in [0.25, 0.3) is 0 Å². The summed E-state index contributed by atoms with van der Waals surface area (Å²) in [6, 6.07) is 6.59. The average molecular weight is 205 g/mol. The van der Waals surface area contributed by atoms with E-state index in [1.54, 1.807) is 17.6 Å². The first-order valence-electron chi connectivity index (χ1n) is 4.78. The summed E-state index contributed by atoms with van der Waals surface area (Å²) in [6.45, 7) is 1.04. The van der Waals surface area contributed by atoms with E-state index >= 15 is 0 Å². The standard InChI is InChI=1S/C11H11NOS/c1-2-9(14-7-1)10-11-8(3-5-12-10)4-6-13-11/h1-2,4,6-7,10,12H,3,5H2. The van der Waals surface area contributed by atoms with Gasteiger partial charge in [-0.3, -0.25) is 0 Å². The molecule has 2 aromatic heterocycles. The Morgan fingerprint density at radius 3 is 3.29 bits per heavy atom. The Bertz CT molecular complexity index is 418. The van der Waals surface area contributed by atoms with Gasteiger partial charge in [-0.1, -0.05) is 6.07 Å². The Kier molecular flexibility index (Phi) is 1.92. The van der Waals surface area contributed by atoms with Crippen molar-refractivity contribution in [2.24, 2.45) is 0 Å². The number of nitrogens with one attached hydrogen (secondary N) is 1. The third kappa shape index (κ3) is 1.21. The van der Waals surface area contributed by atoms with Crippen LogP contribution < -0.4 is 5.32 Å². The molecule has 14 heavy (non-hydrogen) atoms. The van der Waals surface area contributed by atoms with Crippen LogP contribution in [-0.4, -0.2) is 6.54 Å². The zero-order valence-electron chi connectivity index (χ0n) is 7.69. The molecule has 2 nitrogen and oxygen atoms in total. The third-order valence-electron chi connectivity index (χ3n) is 2.61. The van der Waals surface area contributed by atoms with Gasteiger partial charge >= 0.3 is 0 Å². The summed E-state index contributed by atoms with van der Waals surface area (Å²) in [5, 5.41) is 5.59. The number of furan rings is 1. The van der Waals surface area contributed by atoms with Gasteiger partial charge in [0, 0.05) is 11.4 Å². The predicted octanol–water partition coefficient (Wildman–Crippen LogP) is 2.58. The number of hydrogen-bond donors (Lipinski definition) is 1. The van der Waals surface area contributed by atoms with Gasteiger partial charge in [-0.2, -0.15) is 0 Å². The maximum Gasteiger partial charge on any atom is 0.129 e. The SMILES string of the molecule is c1csc(C2NCCc3ccoc32)c1. The normalized spacial score (nSPS) is 20.7. The summed E-state index contributed by atoms with van der Waals surface area (Å²) >= 11 is 1.77. The van der Waals surface area contributed by atoms with Crippen LogP contribution in [-0.2, 0) is 6.42 Å². The quantitative estimate of drug-likeness (QED) is 0.774. The smallest absolute Gasteiger partial charge is 0.129 e. The lowest BCUT2D eigenvalue weighted by molar-refractivity contribution is 0.428. The minimum absolute atomic E-state index is 0.272. The lowest BCUT2D eigenvalue weighted by atomic mass is 10.0. The number of hydrogen-bond acceptors (Lipinski definition) is 3. The molecule has 0 radical (unpaired) electrons. The second-order valence-electron chi connectivity index (χ2n) is 3.46. The van der Waals surface area contributed by atoms with Crippen molar-refractivity contribution >= 4 is 11.3 Å². The zero-order chi connectivity index (χ0) is 9.38. The largest absolute Gasteiger partial charge is 0.467 e. The fourth-order valence-electron chi connectivity index (χ4n) is 1.94. The highest BCUT2D eigenvalue weighted by Gasteiger charge is 2.24. The highest BCUT2D eigenvalue weighted by atomic mass is 32.1. The summed E-state index contributed by atoms with van der Waals surface area (Å²) in [7, 11) is 0. The van der Waals surface area contributed by atoms with Crippen LogP contribution in [0.1, 0.15) is 22.2 Å². The fourth-order valence-corrected chi connectivity index (χ4v) is 2.73. The second-order valence-corrected chi connectivity index (χ2v) is 4.44. The summed E-state index contributed by atoms with van der Waals surface area (Å²) in [5.41, 5.74) is 1.35. The molecule has 0 spiro atoms. The fraction of sp³-hybridized carbons (Fsp3) is 0.273. The molecule has 2 aromatic rings. The highest BCUT2D eigenvalue weighted by Crippen LogP contribution is 2.31.